The van der Waals surface area contributed by atoms with E-state index in [0.29, 0.717) is 28.6 Å². The maximum atomic E-state index is 12.1. The van der Waals surface area contributed by atoms with Crippen molar-refractivity contribution in [3.8, 4) is 0 Å². The molecule has 0 atom stereocenters. The Hall–Kier alpha value is -1.80. The third-order valence-electron chi connectivity index (χ3n) is 3.72. The fraction of sp³-hybridized carbons (Fsp3) is 0.471. The number of aryl methyl sites for hydroxylation is 2. The van der Waals surface area contributed by atoms with Crippen LogP contribution in [0.2, 0.25) is 0 Å². The Morgan fingerprint density at radius 1 is 1.40 bits per heavy atom. The zero-order valence-corrected chi connectivity index (χ0v) is 16.1. The van der Waals surface area contributed by atoms with Gasteiger partial charge < -0.3 is 14.4 Å². The molecule has 1 fully saturated rings. The highest BCUT2D eigenvalue weighted by Gasteiger charge is 2.27. The van der Waals surface area contributed by atoms with Crippen molar-refractivity contribution >= 4 is 40.9 Å². The van der Waals surface area contributed by atoms with E-state index in [1.165, 1.54) is 41.2 Å². The number of hydrogen-bond acceptors (Lipinski definition) is 7. The van der Waals surface area contributed by atoms with Crippen LogP contribution in [0.4, 0.5) is 0 Å². The van der Waals surface area contributed by atoms with Crippen molar-refractivity contribution in [3.05, 3.63) is 32.5 Å². The highest BCUT2D eigenvalue weighted by molar-refractivity contribution is 8.04. The molecule has 0 radical (unpaired) electrons. The maximum absolute atomic E-state index is 12.1. The maximum Gasteiger partial charge on any atom is 0.348 e. The molecule has 8 heteroatoms. The molecule has 1 aromatic heterocycles. The van der Waals surface area contributed by atoms with E-state index in [0.717, 1.165) is 16.9 Å². The monoisotopic (exact) mass is 383 g/mol. The van der Waals surface area contributed by atoms with Gasteiger partial charge in [0.05, 0.1) is 30.6 Å². The molecule has 0 aliphatic carbocycles. The first-order valence-electron chi connectivity index (χ1n) is 7.95. The highest BCUT2D eigenvalue weighted by atomic mass is 32.2. The van der Waals surface area contributed by atoms with E-state index < -0.39 is 5.97 Å². The summed E-state index contributed by atoms with van der Waals surface area (Å²) in [7, 11) is 1.29. The molecule has 1 aliphatic heterocycles. The lowest BCUT2D eigenvalue weighted by Crippen LogP contribution is -2.27. The highest BCUT2D eigenvalue weighted by Crippen LogP contribution is 2.29. The number of hydrogen-bond donors (Lipinski definition) is 0. The molecule has 25 heavy (non-hydrogen) atoms. The largest absolute Gasteiger partial charge is 0.466 e. The molecule has 0 spiro atoms. The van der Waals surface area contributed by atoms with Crippen molar-refractivity contribution in [1.29, 1.82) is 0 Å². The van der Waals surface area contributed by atoms with Gasteiger partial charge in [-0.15, -0.1) is 11.3 Å². The zero-order chi connectivity index (χ0) is 18.4. The number of rotatable bonds is 7. The Labute approximate surface area is 155 Å². The van der Waals surface area contributed by atoms with Crippen molar-refractivity contribution in [2.24, 2.45) is 0 Å². The third kappa shape index (κ3) is 5.09. The summed E-state index contributed by atoms with van der Waals surface area (Å²) < 4.78 is 9.88. The molecule has 0 N–H and O–H groups in total. The Morgan fingerprint density at radius 3 is 2.80 bits per heavy atom. The Morgan fingerprint density at radius 2 is 2.16 bits per heavy atom. The van der Waals surface area contributed by atoms with Crippen LogP contribution < -0.4 is 0 Å². The molecule has 0 unspecified atom stereocenters. The van der Waals surface area contributed by atoms with Gasteiger partial charge in [0.15, 0.2) is 0 Å². The second kappa shape index (κ2) is 9.05. The standard InChI is InChI=1S/C17H21NO5S2/c1-4-12-8-13(25-11(12)2)17(21)23-7-5-6-18-14(19)10-24-15(18)9-16(20)22-3/h8-9H,4-7,10H2,1-3H3/b15-9-. The summed E-state index contributed by atoms with van der Waals surface area (Å²) in [6.45, 7) is 4.66. The molecular weight excluding hydrogens is 362 g/mol. The van der Waals surface area contributed by atoms with Gasteiger partial charge in [-0.25, -0.2) is 9.59 Å². The molecule has 2 heterocycles. The lowest BCUT2D eigenvalue weighted by Gasteiger charge is -2.16. The van der Waals surface area contributed by atoms with Gasteiger partial charge in [-0.2, -0.15) is 0 Å². The SMILES string of the molecule is CCc1cc(C(=O)OCCCN2C(=O)CS/C2=C\C(=O)OC)sc1C. The van der Waals surface area contributed by atoms with Gasteiger partial charge in [-0.1, -0.05) is 18.7 Å². The van der Waals surface area contributed by atoms with Crippen LogP contribution in [0.1, 0.15) is 33.5 Å². The van der Waals surface area contributed by atoms with Gasteiger partial charge in [-0.3, -0.25) is 4.79 Å². The van der Waals surface area contributed by atoms with E-state index in [2.05, 4.69) is 11.7 Å². The predicted octanol–water partition coefficient (Wildman–Crippen LogP) is 2.76. The number of carbonyl (C=O) groups is 3. The molecule has 6 nitrogen and oxygen atoms in total. The molecule has 1 saturated heterocycles. The number of ether oxygens (including phenoxy) is 2. The Kier molecular flexibility index (Phi) is 7.07. The Bertz CT molecular complexity index is 695. The smallest absolute Gasteiger partial charge is 0.348 e. The van der Waals surface area contributed by atoms with Crippen LogP contribution in [0.25, 0.3) is 0 Å². The first-order valence-corrected chi connectivity index (χ1v) is 9.75. The van der Waals surface area contributed by atoms with Crippen LogP contribution in [0.15, 0.2) is 17.2 Å². The lowest BCUT2D eigenvalue weighted by molar-refractivity contribution is -0.134. The number of carbonyl (C=O) groups excluding carboxylic acids is 3. The van der Waals surface area contributed by atoms with Gasteiger partial charge in [0.1, 0.15) is 4.88 Å². The Balaban J connectivity index is 1.83. The van der Waals surface area contributed by atoms with Crippen molar-refractivity contribution in [3.63, 3.8) is 0 Å². The van der Waals surface area contributed by atoms with Gasteiger partial charge in [-0.05, 0) is 31.4 Å². The number of thioether (sulfide) groups is 1. The van der Waals surface area contributed by atoms with E-state index in [1.807, 2.05) is 13.0 Å². The van der Waals surface area contributed by atoms with Gasteiger partial charge >= 0.3 is 11.9 Å². The molecular formula is C17H21NO5S2. The number of amides is 1. The van der Waals surface area contributed by atoms with Crippen LogP contribution >= 0.6 is 23.1 Å². The van der Waals surface area contributed by atoms with Crippen molar-refractivity contribution in [1.82, 2.24) is 4.90 Å². The van der Waals surface area contributed by atoms with Crippen LogP contribution in [-0.2, 0) is 25.5 Å². The lowest BCUT2D eigenvalue weighted by atomic mass is 10.2. The third-order valence-corrected chi connectivity index (χ3v) is 5.81. The molecule has 0 saturated carbocycles. The van der Waals surface area contributed by atoms with E-state index >= 15 is 0 Å². The van der Waals surface area contributed by atoms with E-state index in [9.17, 15) is 14.4 Å². The minimum Gasteiger partial charge on any atom is -0.466 e. The van der Waals surface area contributed by atoms with Crippen LogP contribution in [-0.4, -0.2) is 48.8 Å². The van der Waals surface area contributed by atoms with Gasteiger partial charge in [0.2, 0.25) is 5.91 Å². The number of nitrogens with zero attached hydrogens (tertiary/aromatic N) is 1. The predicted molar refractivity (Wildman–Crippen MR) is 97.6 cm³/mol. The summed E-state index contributed by atoms with van der Waals surface area (Å²) in [6, 6.07) is 1.88. The fourth-order valence-electron chi connectivity index (χ4n) is 2.36. The minimum absolute atomic E-state index is 0.0621. The van der Waals surface area contributed by atoms with E-state index in [4.69, 9.17) is 4.74 Å². The van der Waals surface area contributed by atoms with E-state index in [1.54, 1.807) is 0 Å². The summed E-state index contributed by atoms with van der Waals surface area (Å²) in [6.07, 6.45) is 2.70. The molecule has 1 aliphatic rings. The molecule has 2 rings (SSSR count). The molecule has 0 bridgehead atoms. The van der Waals surface area contributed by atoms with Crippen molar-refractivity contribution in [2.75, 3.05) is 26.0 Å². The fourth-order valence-corrected chi connectivity index (χ4v) is 4.32. The first-order chi connectivity index (χ1) is 12.0. The minimum atomic E-state index is -0.492. The summed E-state index contributed by atoms with van der Waals surface area (Å²) in [5.74, 6) is -0.585. The summed E-state index contributed by atoms with van der Waals surface area (Å²) >= 11 is 2.74. The second-order valence-corrected chi connectivity index (χ2v) is 7.63. The topological polar surface area (TPSA) is 72.9 Å². The average Bonchev–Trinajstić information content (AvgIpc) is 3.14. The average molecular weight is 383 g/mol. The first kappa shape index (κ1) is 19.5. The molecule has 1 amide bonds. The molecule has 0 aromatic carbocycles. The normalized spacial score (nSPS) is 15.7. The summed E-state index contributed by atoms with van der Waals surface area (Å²) in [5.41, 5.74) is 1.16. The number of methoxy groups -OCH3 is 1. The summed E-state index contributed by atoms with van der Waals surface area (Å²) in [4.78, 5) is 38.5. The summed E-state index contributed by atoms with van der Waals surface area (Å²) in [5, 5.41) is 0.574. The van der Waals surface area contributed by atoms with Crippen molar-refractivity contribution in [2.45, 2.75) is 26.7 Å². The van der Waals surface area contributed by atoms with Crippen molar-refractivity contribution < 1.29 is 23.9 Å². The molecule has 136 valence electrons. The number of esters is 2. The van der Waals surface area contributed by atoms with E-state index in [-0.39, 0.29) is 18.5 Å². The zero-order valence-electron chi connectivity index (χ0n) is 14.5. The number of thiophene rings is 1. The second-order valence-electron chi connectivity index (χ2n) is 5.37. The molecule has 1 aromatic rings. The van der Waals surface area contributed by atoms with Crippen LogP contribution in [0, 0.1) is 6.92 Å². The quantitative estimate of drug-likeness (QED) is 0.410. The van der Waals surface area contributed by atoms with Gasteiger partial charge in [0.25, 0.3) is 0 Å². The van der Waals surface area contributed by atoms with Crippen LogP contribution in [0.5, 0.6) is 0 Å². The van der Waals surface area contributed by atoms with Crippen LogP contribution in [0.3, 0.4) is 0 Å². The van der Waals surface area contributed by atoms with Gasteiger partial charge in [0, 0.05) is 11.4 Å².